The van der Waals surface area contributed by atoms with Gasteiger partial charge in [0.2, 0.25) is 0 Å². The molecule has 0 aromatic rings. The molecule has 0 spiro atoms. The summed E-state index contributed by atoms with van der Waals surface area (Å²) in [6.07, 6.45) is 12.3. The van der Waals surface area contributed by atoms with Crippen LogP contribution in [0.1, 0.15) is 98.3 Å². The number of rotatable bonds is 4. The SMILES string of the molecule is C[C@H](CCC(=O)O)[C@H]1CC[C@H]2[C@@H]3C[C@H](O)[C@]4(C)CCCC[C@]4(C)[C@H]3CC[C@]12C. The maximum absolute atomic E-state index is 11.3. The van der Waals surface area contributed by atoms with Crippen molar-refractivity contribution in [1.29, 1.82) is 0 Å². The second-order valence-corrected chi connectivity index (χ2v) is 11.8. The Labute approximate surface area is 171 Å². The summed E-state index contributed by atoms with van der Waals surface area (Å²) in [5.41, 5.74) is 0.743. The van der Waals surface area contributed by atoms with Gasteiger partial charge in [0.05, 0.1) is 6.10 Å². The molecule has 0 aromatic carbocycles. The van der Waals surface area contributed by atoms with Crippen LogP contribution in [-0.2, 0) is 4.79 Å². The van der Waals surface area contributed by atoms with E-state index in [0.717, 1.165) is 24.7 Å². The maximum atomic E-state index is 11.3. The molecular formula is C25H42O3. The van der Waals surface area contributed by atoms with Gasteiger partial charge in [-0.1, -0.05) is 40.5 Å². The van der Waals surface area contributed by atoms with Gasteiger partial charge >= 0.3 is 5.97 Å². The van der Waals surface area contributed by atoms with Gasteiger partial charge in [0.15, 0.2) is 0 Å². The quantitative estimate of drug-likeness (QED) is 0.628. The fraction of sp³-hybridized carbons (Fsp3) is 0.960. The average Bonchev–Trinajstić information content (AvgIpc) is 2.99. The van der Waals surface area contributed by atoms with Crippen molar-refractivity contribution in [3.05, 3.63) is 0 Å². The highest BCUT2D eigenvalue weighted by Gasteiger charge is 2.65. The highest BCUT2D eigenvalue weighted by Crippen LogP contribution is 2.71. The van der Waals surface area contributed by atoms with E-state index >= 15 is 0 Å². The highest BCUT2D eigenvalue weighted by atomic mass is 16.4. The molecule has 4 rings (SSSR count). The van der Waals surface area contributed by atoms with Gasteiger partial charge in [-0.3, -0.25) is 4.79 Å². The van der Waals surface area contributed by atoms with Crippen LogP contribution in [0.4, 0.5) is 0 Å². The molecular weight excluding hydrogens is 348 g/mol. The molecule has 0 unspecified atom stereocenters. The molecule has 4 aliphatic rings. The third-order valence-corrected chi connectivity index (χ3v) is 11.0. The lowest BCUT2D eigenvalue weighted by molar-refractivity contribution is -0.206. The smallest absolute Gasteiger partial charge is 0.303 e. The summed E-state index contributed by atoms with van der Waals surface area (Å²) in [5, 5.41) is 20.4. The molecule has 3 nitrogen and oxygen atoms in total. The molecule has 0 bridgehead atoms. The van der Waals surface area contributed by atoms with Gasteiger partial charge in [0.1, 0.15) is 0 Å². The van der Waals surface area contributed by atoms with Crippen molar-refractivity contribution >= 4 is 5.97 Å². The third kappa shape index (κ3) is 2.81. The first-order valence-corrected chi connectivity index (χ1v) is 12.0. The van der Waals surface area contributed by atoms with Crippen LogP contribution in [0, 0.1) is 45.8 Å². The highest BCUT2D eigenvalue weighted by molar-refractivity contribution is 5.66. The zero-order chi connectivity index (χ0) is 20.3. The van der Waals surface area contributed by atoms with Crippen LogP contribution in [0.5, 0.6) is 0 Å². The summed E-state index contributed by atoms with van der Waals surface area (Å²) in [5.74, 6) is 2.65. The Bertz CT molecular complexity index is 617. The molecule has 28 heavy (non-hydrogen) atoms. The van der Waals surface area contributed by atoms with E-state index in [1.807, 2.05) is 0 Å². The lowest BCUT2D eigenvalue weighted by Gasteiger charge is -2.66. The molecule has 0 heterocycles. The van der Waals surface area contributed by atoms with Crippen LogP contribution in [0.25, 0.3) is 0 Å². The lowest BCUT2D eigenvalue weighted by atomic mass is 9.39. The largest absolute Gasteiger partial charge is 0.481 e. The number of carboxylic acid groups (broad SMARTS) is 1. The van der Waals surface area contributed by atoms with Crippen LogP contribution in [-0.4, -0.2) is 22.3 Å². The molecule has 0 amide bonds. The van der Waals surface area contributed by atoms with Gasteiger partial charge in [0, 0.05) is 6.42 Å². The second-order valence-electron chi connectivity index (χ2n) is 11.8. The number of aliphatic hydroxyl groups excluding tert-OH is 1. The minimum absolute atomic E-state index is 0.104. The van der Waals surface area contributed by atoms with Crippen molar-refractivity contribution in [2.75, 3.05) is 0 Å². The van der Waals surface area contributed by atoms with Gasteiger partial charge in [-0.15, -0.1) is 0 Å². The van der Waals surface area contributed by atoms with Crippen molar-refractivity contribution in [2.45, 2.75) is 104 Å². The number of carboxylic acids is 1. The minimum Gasteiger partial charge on any atom is -0.481 e. The van der Waals surface area contributed by atoms with Gasteiger partial charge in [-0.2, -0.15) is 0 Å². The van der Waals surface area contributed by atoms with Gasteiger partial charge in [-0.05, 0) is 97.2 Å². The molecule has 0 radical (unpaired) electrons. The van der Waals surface area contributed by atoms with Crippen LogP contribution < -0.4 is 0 Å². The fourth-order valence-corrected chi connectivity index (χ4v) is 9.16. The van der Waals surface area contributed by atoms with E-state index in [4.69, 9.17) is 5.11 Å². The molecule has 0 saturated heterocycles. The van der Waals surface area contributed by atoms with Crippen molar-refractivity contribution in [3.8, 4) is 0 Å². The van der Waals surface area contributed by atoms with E-state index in [-0.39, 0.29) is 11.5 Å². The van der Waals surface area contributed by atoms with E-state index in [0.29, 0.717) is 35.0 Å². The Balaban J connectivity index is 1.58. The Morgan fingerprint density at radius 3 is 2.36 bits per heavy atom. The zero-order valence-corrected chi connectivity index (χ0v) is 18.5. The minimum atomic E-state index is -0.657. The molecule has 4 aliphatic carbocycles. The topological polar surface area (TPSA) is 57.5 Å². The monoisotopic (exact) mass is 390 g/mol. The first kappa shape index (κ1) is 20.7. The summed E-state index contributed by atoms with van der Waals surface area (Å²) in [6, 6.07) is 0. The molecule has 4 fully saturated rings. The van der Waals surface area contributed by atoms with Crippen molar-refractivity contribution in [2.24, 2.45) is 45.8 Å². The Morgan fingerprint density at radius 1 is 1.00 bits per heavy atom. The molecule has 3 heteroatoms. The van der Waals surface area contributed by atoms with E-state index in [1.165, 1.54) is 51.4 Å². The van der Waals surface area contributed by atoms with Crippen LogP contribution in [0.2, 0.25) is 0 Å². The van der Waals surface area contributed by atoms with Gasteiger partial charge in [-0.25, -0.2) is 0 Å². The number of hydrogen-bond acceptors (Lipinski definition) is 2. The fourth-order valence-electron chi connectivity index (χ4n) is 9.16. The van der Waals surface area contributed by atoms with Crippen molar-refractivity contribution in [1.82, 2.24) is 0 Å². The van der Waals surface area contributed by atoms with Gasteiger partial charge < -0.3 is 10.2 Å². The predicted octanol–water partition coefficient (Wildman–Crippen LogP) is 5.90. The Kier molecular flexibility index (Phi) is 5.17. The average molecular weight is 391 g/mol. The second kappa shape index (κ2) is 7.00. The standard InChI is InChI=1S/C25H42O3/c1-16(7-10-22(27)28)18-8-9-19-17-15-21(26)25(4)13-6-5-12-24(25,3)20(17)11-14-23(18,19)2/h16-21,26H,5-15H2,1-4H3,(H,27,28)/t16-,17+,18-,19+,20+,21+,23-,24-,25+/m1/s1. The van der Waals surface area contributed by atoms with Gasteiger partial charge in [0.25, 0.3) is 0 Å². The molecule has 0 aliphatic heterocycles. The van der Waals surface area contributed by atoms with E-state index in [1.54, 1.807) is 0 Å². The van der Waals surface area contributed by atoms with E-state index < -0.39 is 5.97 Å². The number of fused-ring (bicyclic) bond motifs is 5. The molecule has 2 N–H and O–H groups in total. The number of aliphatic carboxylic acids is 1. The first-order chi connectivity index (χ1) is 13.1. The summed E-state index contributed by atoms with van der Waals surface area (Å²) in [4.78, 5) is 11.1. The zero-order valence-electron chi connectivity index (χ0n) is 18.5. The predicted molar refractivity (Wildman–Crippen MR) is 112 cm³/mol. The van der Waals surface area contributed by atoms with E-state index in [9.17, 15) is 9.90 Å². The van der Waals surface area contributed by atoms with Crippen molar-refractivity contribution in [3.63, 3.8) is 0 Å². The van der Waals surface area contributed by atoms with E-state index in [2.05, 4.69) is 27.7 Å². The Morgan fingerprint density at radius 2 is 1.68 bits per heavy atom. The molecule has 0 aromatic heterocycles. The van der Waals surface area contributed by atoms with Crippen LogP contribution in [0.15, 0.2) is 0 Å². The lowest BCUT2D eigenvalue weighted by Crippen LogP contribution is -2.62. The van der Waals surface area contributed by atoms with Crippen molar-refractivity contribution < 1.29 is 15.0 Å². The summed E-state index contributed by atoms with van der Waals surface area (Å²) in [6.45, 7) is 9.73. The molecule has 9 atom stereocenters. The summed E-state index contributed by atoms with van der Waals surface area (Å²) >= 11 is 0. The first-order valence-electron chi connectivity index (χ1n) is 12.0. The normalized spacial score (nSPS) is 51.7. The molecule has 4 saturated carbocycles. The maximum Gasteiger partial charge on any atom is 0.303 e. The Hall–Kier alpha value is -0.570. The summed E-state index contributed by atoms with van der Waals surface area (Å²) in [7, 11) is 0. The number of hydrogen-bond donors (Lipinski definition) is 2. The number of carbonyl (C=O) groups is 1. The third-order valence-electron chi connectivity index (χ3n) is 11.0. The van der Waals surface area contributed by atoms with Crippen LogP contribution in [0.3, 0.4) is 0 Å². The van der Waals surface area contributed by atoms with Crippen LogP contribution >= 0.6 is 0 Å². The number of aliphatic hydroxyl groups is 1. The summed E-state index contributed by atoms with van der Waals surface area (Å²) < 4.78 is 0. The molecule has 160 valence electrons.